The quantitative estimate of drug-likeness (QED) is 0.597. The smallest absolute Gasteiger partial charge is 0.143 e. The number of aryl methyl sites for hydroxylation is 2. The van der Waals surface area contributed by atoms with Crippen LogP contribution in [0.3, 0.4) is 0 Å². The van der Waals surface area contributed by atoms with Crippen LogP contribution in [0.25, 0.3) is 0 Å². The van der Waals surface area contributed by atoms with Crippen LogP contribution < -0.4 is 0 Å². The molecule has 0 heterocycles. The van der Waals surface area contributed by atoms with Crippen molar-refractivity contribution in [2.45, 2.75) is 59.8 Å². The average Bonchev–Trinajstić information content (AvgIpc) is 2.48. The highest BCUT2D eigenvalue weighted by Crippen LogP contribution is 2.11. The van der Waals surface area contributed by atoms with Crippen LogP contribution in [-0.2, 0) is 11.2 Å². The van der Waals surface area contributed by atoms with Crippen LogP contribution in [0, 0.1) is 6.92 Å². The number of aliphatic hydroxyl groups is 1. The van der Waals surface area contributed by atoms with Gasteiger partial charge in [-0.2, -0.15) is 0 Å². The fraction of sp³-hybridized carbons (Fsp3) is 0.647. The number of unbranched alkanes of at least 4 members (excludes halogenated alkanes) is 3. The number of hydrogen-bond acceptors (Lipinski definition) is 2. The molecule has 1 N–H and O–H groups in total. The summed E-state index contributed by atoms with van der Waals surface area (Å²) in [5.74, 6) is 0. The van der Waals surface area contributed by atoms with E-state index in [1.807, 2.05) is 13.8 Å². The molecule has 2 nitrogen and oxygen atoms in total. The van der Waals surface area contributed by atoms with Crippen molar-refractivity contribution in [1.82, 2.24) is 0 Å². The Labute approximate surface area is 119 Å². The maximum absolute atomic E-state index is 7.65. The Balaban J connectivity index is 0. The van der Waals surface area contributed by atoms with Crippen molar-refractivity contribution in [2.24, 2.45) is 0 Å². The highest BCUT2D eigenvalue weighted by Gasteiger charge is 1.95. The van der Waals surface area contributed by atoms with E-state index in [1.165, 1.54) is 50.3 Å². The van der Waals surface area contributed by atoms with E-state index in [2.05, 4.69) is 42.8 Å². The molecule has 0 amide bonds. The Hall–Kier alpha value is -0.860. The highest BCUT2D eigenvalue weighted by molar-refractivity contribution is 5.25. The Morgan fingerprint density at radius 3 is 2.11 bits per heavy atom. The van der Waals surface area contributed by atoms with Gasteiger partial charge in [-0.3, -0.25) is 0 Å². The molecule has 112 valence electrons. The van der Waals surface area contributed by atoms with Gasteiger partial charge in [0.15, 0.2) is 0 Å². The molecular formula is C17H32O2. The molecule has 0 bridgehead atoms. The molecule has 0 spiro atoms. The van der Waals surface area contributed by atoms with E-state index in [-0.39, 0.29) is 6.79 Å². The molecule has 0 atom stereocenters. The van der Waals surface area contributed by atoms with Crippen molar-refractivity contribution in [1.29, 1.82) is 0 Å². The lowest BCUT2D eigenvalue weighted by Crippen LogP contribution is -1.89. The predicted octanol–water partition coefficient (Wildman–Crippen LogP) is 4.73. The van der Waals surface area contributed by atoms with E-state index < -0.39 is 0 Å². The van der Waals surface area contributed by atoms with E-state index in [0.29, 0.717) is 0 Å². The largest absolute Gasteiger partial charge is 0.371 e. The summed E-state index contributed by atoms with van der Waals surface area (Å²) in [5.41, 5.74) is 2.97. The SMILES string of the molecule is CC.CCCCCCc1ccccc1C.COCO. The van der Waals surface area contributed by atoms with E-state index in [4.69, 9.17) is 5.11 Å². The third-order valence-electron chi connectivity index (χ3n) is 2.69. The van der Waals surface area contributed by atoms with Crippen LogP contribution in [0.2, 0.25) is 0 Å². The van der Waals surface area contributed by atoms with Crippen LogP contribution in [0.15, 0.2) is 24.3 Å². The standard InChI is InChI=1S/C13H20.C2H6O2.C2H6/c1-3-4-5-6-10-13-11-8-7-9-12(13)2;1-4-2-3;1-2/h7-9,11H,3-6,10H2,1-2H3;3H,2H2,1H3;1-2H3. The third-order valence-corrected chi connectivity index (χ3v) is 2.69. The number of hydrogen-bond donors (Lipinski definition) is 1. The molecule has 0 aromatic heterocycles. The minimum atomic E-state index is -0.181. The Morgan fingerprint density at radius 2 is 1.63 bits per heavy atom. The molecule has 0 radical (unpaired) electrons. The summed E-state index contributed by atoms with van der Waals surface area (Å²) in [6, 6.07) is 8.71. The van der Waals surface area contributed by atoms with Crippen molar-refractivity contribution < 1.29 is 9.84 Å². The lowest BCUT2D eigenvalue weighted by atomic mass is 10.0. The van der Waals surface area contributed by atoms with Crippen LogP contribution >= 0.6 is 0 Å². The first kappa shape index (κ1) is 20.5. The minimum absolute atomic E-state index is 0.181. The Kier molecular flexibility index (Phi) is 18.5. The average molecular weight is 268 g/mol. The molecule has 1 aromatic rings. The minimum Gasteiger partial charge on any atom is -0.371 e. The summed E-state index contributed by atoms with van der Waals surface area (Å²) in [6.45, 7) is 8.28. The summed E-state index contributed by atoms with van der Waals surface area (Å²) in [7, 11) is 1.43. The molecule has 0 fully saturated rings. The van der Waals surface area contributed by atoms with Crippen LogP contribution in [0.5, 0.6) is 0 Å². The van der Waals surface area contributed by atoms with Gasteiger partial charge in [-0.15, -0.1) is 0 Å². The first-order valence-electron chi connectivity index (χ1n) is 7.40. The Bertz CT molecular complexity index is 270. The van der Waals surface area contributed by atoms with E-state index in [0.717, 1.165) is 0 Å². The van der Waals surface area contributed by atoms with Gasteiger partial charge in [0.05, 0.1) is 0 Å². The van der Waals surface area contributed by atoms with Crippen molar-refractivity contribution in [2.75, 3.05) is 13.9 Å². The summed E-state index contributed by atoms with van der Waals surface area (Å²) in [6.07, 6.45) is 6.69. The maximum atomic E-state index is 7.65. The van der Waals surface area contributed by atoms with Gasteiger partial charge in [-0.05, 0) is 30.9 Å². The van der Waals surface area contributed by atoms with Gasteiger partial charge in [0.2, 0.25) is 0 Å². The van der Waals surface area contributed by atoms with Gasteiger partial charge in [-0.25, -0.2) is 0 Å². The number of rotatable bonds is 6. The number of aliphatic hydroxyl groups excluding tert-OH is 1. The van der Waals surface area contributed by atoms with Crippen LogP contribution in [0.1, 0.15) is 57.6 Å². The molecule has 0 saturated carbocycles. The molecular weight excluding hydrogens is 236 g/mol. The van der Waals surface area contributed by atoms with Crippen LogP contribution in [0.4, 0.5) is 0 Å². The second kappa shape index (κ2) is 17.1. The zero-order valence-corrected chi connectivity index (χ0v) is 13.4. The van der Waals surface area contributed by atoms with E-state index in [9.17, 15) is 0 Å². The van der Waals surface area contributed by atoms with E-state index in [1.54, 1.807) is 0 Å². The molecule has 2 heteroatoms. The first-order valence-corrected chi connectivity index (χ1v) is 7.40. The van der Waals surface area contributed by atoms with Gasteiger partial charge < -0.3 is 9.84 Å². The van der Waals surface area contributed by atoms with Crippen molar-refractivity contribution in [3.05, 3.63) is 35.4 Å². The molecule has 1 rings (SSSR count). The fourth-order valence-corrected chi connectivity index (χ4v) is 1.63. The van der Waals surface area contributed by atoms with Crippen molar-refractivity contribution >= 4 is 0 Å². The molecule has 19 heavy (non-hydrogen) atoms. The van der Waals surface area contributed by atoms with Crippen LogP contribution in [-0.4, -0.2) is 19.0 Å². The topological polar surface area (TPSA) is 29.5 Å². The normalized spacial score (nSPS) is 8.95. The lowest BCUT2D eigenvalue weighted by Gasteiger charge is -2.04. The third kappa shape index (κ3) is 13.4. The monoisotopic (exact) mass is 268 g/mol. The number of benzene rings is 1. The Morgan fingerprint density at radius 1 is 1.05 bits per heavy atom. The molecule has 0 aliphatic heterocycles. The fourth-order valence-electron chi connectivity index (χ4n) is 1.63. The van der Waals surface area contributed by atoms with Gasteiger partial charge in [0, 0.05) is 7.11 Å². The van der Waals surface area contributed by atoms with Gasteiger partial charge in [0.1, 0.15) is 6.79 Å². The molecule has 0 saturated heterocycles. The molecule has 0 aliphatic carbocycles. The predicted molar refractivity (Wildman–Crippen MR) is 84.5 cm³/mol. The highest BCUT2D eigenvalue weighted by atomic mass is 16.6. The summed E-state index contributed by atoms with van der Waals surface area (Å²) in [4.78, 5) is 0. The molecule has 0 unspecified atom stereocenters. The molecule has 1 aromatic carbocycles. The summed E-state index contributed by atoms with van der Waals surface area (Å²) in [5, 5.41) is 7.65. The number of methoxy groups -OCH3 is 1. The summed E-state index contributed by atoms with van der Waals surface area (Å²) < 4.78 is 4.10. The van der Waals surface area contributed by atoms with Crippen molar-refractivity contribution in [3.63, 3.8) is 0 Å². The van der Waals surface area contributed by atoms with Gasteiger partial charge in [0.25, 0.3) is 0 Å². The van der Waals surface area contributed by atoms with E-state index >= 15 is 0 Å². The second-order valence-electron chi connectivity index (χ2n) is 4.15. The van der Waals surface area contributed by atoms with Gasteiger partial charge in [-0.1, -0.05) is 64.3 Å². The lowest BCUT2D eigenvalue weighted by molar-refractivity contribution is 0.0325. The summed E-state index contributed by atoms with van der Waals surface area (Å²) >= 11 is 0. The van der Waals surface area contributed by atoms with Gasteiger partial charge >= 0.3 is 0 Å². The number of ether oxygens (including phenoxy) is 1. The zero-order chi connectivity index (χ0) is 14.9. The second-order valence-corrected chi connectivity index (χ2v) is 4.15. The first-order chi connectivity index (χ1) is 9.26. The van der Waals surface area contributed by atoms with Crippen molar-refractivity contribution in [3.8, 4) is 0 Å². The maximum Gasteiger partial charge on any atom is 0.143 e. The zero-order valence-electron chi connectivity index (χ0n) is 13.4. The molecule has 0 aliphatic rings.